The van der Waals surface area contributed by atoms with Crippen LogP contribution in [0.4, 0.5) is 8.78 Å². The fourth-order valence-electron chi connectivity index (χ4n) is 1.39. The standard InChI is InChI=1S/C13H14F2O4S/c1-2-19-13(17)6-3-9(16)8-20(18)10-4-5-11(14)12(15)7-10/h4-5,7H,2-3,6,8H2,1H3. The zero-order valence-electron chi connectivity index (χ0n) is 10.9. The predicted molar refractivity (Wildman–Crippen MR) is 68.5 cm³/mol. The van der Waals surface area contributed by atoms with Crippen molar-refractivity contribution in [3.8, 4) is 0 Å². The summed E-state index contributed by atoms with van der Waals surface area (Å²) in [4.78, 5) is 22.6. The number of esters is 1. The molecule has 0 N–H and O–H groups in total. The molecular weight excluding hydrogens is 290 g/mol. The maximum absolute atomic E-state index is 13.0. The molecule has 0 fully saturated rings. The van der Waals surface area contributed by atoms with E-state index in [4.69, 9.17) is 0 Å². The van der Waals surface area contributed by atoms with Crippen LogP contribution in [0.5, 0.6) is 0 Å². The molecule has 1 atom stereocenters. The van der Waals surface area contributed by atoms with E-state index in [9.17, 15) is 22.6 Å². The Morgan fingerprint density at radius 2 is 1.90 bits per heavy atom. The lowest BCUT2D eigenvalue weighted by Gasteiger charge is -2.03. The van der Waals surface area contributed by atoms with E-state index >= 15 is 0 Å². The topological polar surface area (TPSA) is 60.4 Å². The molecule has 0 spiro atoms. The molecule has 0 saturated carbocycles. The molecule has 0 saturated heterocycles. The van der Waals surface area contributed by atoms with E-state index in [-0.39, 0.29) is 30.1 Å². The number of benzene rings is 1. The number of hydrogen-bond acceptors (Lipinski definition) is 4. The van der Waals surface area contributed by atoms with Crippen molar-refractivity contribution in [3.05, 3.63) is 29.8 Å². The zero-order valence-corrected chi connectivity index (χ0v) is 11.7. The number of halogens is 2. The molecule has 1 aromatic carbocycles. The summed E-state index contributed by atoms with van der Waals surface area (Å²) in [6.45, 7) is 1.88. The molecule has 1 aromatic rings. The lowest BCUT2D eigenvalue weighted by Crippen LogP contribution is -2.14. The summed E-state index contributed by atoms with van der Waals surface area (Å²) in [5, 5.41) is 0. The Bertz CT molecular complexity index is 531. The highest BCUT2D eigenvalue weighted by Crippen LogP contribution is 2.13. The van der Waals surface area contributed by atoms with Gasteiger partial charge in [-0.25, -0.2) is 8.78 Å². The fourth-order valence-corrected chi connectivity index (χ4v) is 2.45. The Morgan fingerprint density at radius 1 is 1.20 bits per heavy atom. The van der Waals surface area contributed by atoms with Crippen LogP contribution in [0.3, 0.4) is 0 Å². The van der Waals surface area contributed by atoms with E-state index < -0.39 is 34.2 Å². The molecule has 4 nitrogen and oxygen atoms in total. The highest BCUT2D eigenvalue weighted by atomic mass is 32.2. The largest absolute Gasteiger partial charge is 0.466 e. The van der Waals surface area contributed by atoms with Crippen molar-refractivity contribution in [2.75, 3.05) is 12.4 Å². The van der Waals surface area contributed by atoms with Gasteiger partial charge in [-0.2, -0.15) is 0 Å². The van der Waals surface area contributed by atoms with E-state index in [0.29, 0.717) is 0 Å². The zero-order chi connectivity index (χ0) is 15.1. The van der Waals surface area contributed by atoms with Crippen LogP contribution in [-0.4, -0.2) is 28.3 Å². The molecule has 0 heterocycles. The van der Waals surface area contributed by atoms with Crippen LogP contribution in [0.2, 0.25) is 0 Å². The average molecular weight is 304 g/mol. The van der Waals surface area contributed by atoms with Gasteiger partial charge in [0.1, 0.15) is 5.78 Å². The molecule has 20 heavy (non-hydrogen) atoms. The lowest BCUT2D eigenvalue weighted by atomic mass is 10.2. The minimum absolute atomic E-state index is 0.0355. The molecule has 0 aliphatic rings. The van der Waals surface area contributed by atoms with E-state index in [0.717, 1.165) is 18.2 Å². The first kappa shape index (κ1) is 16.4. The van der Waals surface area contributed by atoms with E-state index in [2.05, 4.69) is 4.74 Å². The van der Waals surface area contributed by atoms with Crippen LogP contribution in [0.15, 0.2) is 23.1 Å². The third-order valence-electron chi connectivity index (χ3n) is 2.36. The van der Waals surface area contributed by atoms with Gasteiger partial charge in [0.25, 0.3) is 0 Å². The molecule has 1 unspecified atom stereocenters. The minimum Gasteiger partial charge on any atom is -0.466 e. The van der Waals surface area contributed by atoms with Gasteiger partial charge in [0, 0.05) is 11.3 Å². The quantitative estimate of drug-likeness (QED) is 0.723. The number of rotatable bonds is 7. The number of hydrogen-bond donors (Lipinski definition) is 0. The number of Topliss-reactive ketones (excluding diaryl/α,β-unsaturated/α-hetero) is 1. The highest BCUT2D eigenvalue weighted by molar-refractivity contribution is 7.85. The normalized spacial score (nSPS) is 11.9. The summed E-state index contributed by atoms with van der Waals surface area (Å²) >= 11 is 0. The van der Waals surface area contributed by atoms with Crippen molar-refractivity contribution < 1.29 is 27.3 Å². The van der Waals surface area contributed by atoms with Gasteiger partial charge in [-0.1, -0.05) is 0 Å². The number of ether oxygens (including phenoxy) is 1. The van der Waals surface area contributed by atoms with Crippen molar-refractivity contribution in [2.24, 2.45) is 0 Å². The van der Waals surface area contributed by atoms with Crippen molar-refractivity contribution in [2.45, 2.75) is 24.7 Å². The van der Waals surface area contributed by atoms with Crippen molar-refractivity contribution in [1.29, 1.82) is 0 Å². The van der Waals surface area contributed by atoms with Gasteiger partial charge in [0.15, 0.2) is 11.6 Å². The van der Waals surface area contributed by atoms with E-state index in [1.807, 2.05) is 0 Å². The van der Waals surface area contributed by atoms with Crippen molar-refractivity contribution in [1.82, 2.24) is 0 Å². The minimum atomic E-state index is -1.76. The number of ketones is 1. The van der Waals surface area contributed by atoms with Crippen LogP contribution in [0.25, 0.3) is 0 Å². The van der Waals surface area contributed by atoms with Gasteiger partial charge >= 0.3 is 5.97 Å². The maximum atomic E-state index is 13.0. The summed E-state index contributed by atoms with van der Waals surface area (Å²) in [7, 11) is -1.76. The van der Waals surface area contributed by atoms with Gasteiger partial charge in [-0.15, -0.1) is 0 Å². The van der Waals surface area contributed by atoms with Crippen LogP contribution < -0.4 is 0 Å². The first-order valence-corrected chi connectivity index (χ1v) is 7.26. The maximum Gasteiger partial charge on any atom is 0.306 e. The molecule has 0 aromatic heterocycles. The number of carbonyl (C=O) groups is 2. The average Bonchev–Trinajstić information content (AvgIpc) is 2.40. The highest BCUT2D eigenvalue weighted by Gasteiger charge is 2.14. The SMILES string of the molecule is CCOC(=O)CCC(=O)CS(=O)c1ccc(F)c(F)c1. The molecule has 1 rings (SSSR count). The molecule has 0 bridgehead atoms. The molecule has 0 aliphatic heterocycles. The van der Waals surface area contributed by atoms with Crippen molar-refractivity contribution in [3.63, 3.8) is 0 Å². The van der Waals surface area contributed by atoms with Crippen LogP contribution in [0.1, 0.15) is 19.8 Å². The molecular formula is C13H14F2O4S. The smallest absolute Gasteiger partial charge is 0.306 e. The second-order valence-electron chi connectivity index (χ2n) is 3.91. The molecule has 110 valence electrons. The Balaban J connectivity index is 2.51. The summed E-state index contributed by atoms with van der Waals surface area (Å²) < 4.78 is 42.1. The lowest BCUT2D eigenvalue weighted by molar-refractivity contribution is -0.144. The summed E-state index contributed by atoms with van der Waals surface area (Å²) in [5.41, 5.74) is 0. The second-order valence-corrected chi connectivity index (χ2v) is 5.36. The van der Waals surface area contributed by atoms with Crippen molar-refractivity contribution >= 4 is 22.6 Å². The third-order valence-corrected chi connectivity index (χ3v) is 3.72. The Labute approximate surface area is 117 Å². The fraction of sp³-hybridized carbons (Fsp3) is 0.385. The van der Waals surface area contributed by atoms with Crippen LogP contribution >= 0.6 is 0 Å². The Hall–Kier alpha value is -1.63. The summed E-state index contributed by atoms with van der Waals surface area (Å²) in [6, 6.07) is 2.81. The Kier molecular flexibility index (Phi) is 6.44. The van der Waals surface area contributed by atoms with Gasteiger partial charge in [0.2, 0.25) is 0 Å². The number of carbonyl (C=O) groups excluding carboxylic acids is 2. The first-order valence-electron chi connectivity index (χ1n) is 5.94. The van der Waals surface area contributed by atoms with Gasteiger partial charge < -0.3 is 4.74 Å². The summed E-state index contributed by atoms with van der Waals surface area (Å²) in [6.07, 6.45) is -0.171. The predicted octanol–water partition coefficient (Wildman–Crippen LogP) is 1.98. The van der Waals surface area contributed by atoms with Gasteiger partial charge in [0.05, 0.1) is 29.6 Å². The molecule has 7 heteroatoms. The van der Waals surface area contributed by atoms with Crippen LogP contribution in [0, 0.1) is 11.6 Å². The van der Waals surface area contributed by atoms with E-state index in [1.165, 1.54) is 0 Å². The molecule has 0 amide bonds. The van der Waals surface area contributed by atoms with Crippen LogP contribution in [-0.2, 0) is 25.1 Å². The third kappa shape index (κ3) is 5.16. The molecule has 0 aliphatic carbocycles. The summed E-state index contributed by atoms with van der Waals surface area (Å²) in [5.74, 6) is -3.40. The first-order chi connectivity index (χ1) is 9.43. The Morgan fingerprint density at radius 3 is 2.50 bits per heavy atom. The van der Waals surface area contributed by atoms with E-state index in [1.54, 1.807) is 6.92 Å². The molecule has 0 radical (unpaired) electrons. The monoisotopic (exact) mass is 304 g/mol. The van der Waals surface area contributed by atoms with Gasteiger partial charge in [-0.05, 0) is 25.1 Å². The van der Waals surface area contributed by atoms with Gasteiger partial charge in [-0.3, -0.25) is 13.8 Å². The second kappa shape index (κ2) is 7.84.